The van der Waals surface area contributed by atoms with E-state index in [1.165, 1.54) is 42.4 Å². The van der Waals surface area contributed by atoms with Crippen LogP contribution < -0.4 is 20.9 Å². The van der Waals surface area contributed by atoms with Gasteiger partial charge in [-0.2, -0.15) is 5.10 Å². The Morgan fingerprint density at radius 3 is 2.22 bits per heavy atom. The van der Waals surface area contributed by atoms with Gasteiger partial charge in [0.15, 0.2) is 11.8 Å². The normalized spacial score (nSPS) is 12.0. The summed E-state index contributed by atoms with van der Waals surface area (Å²) in [7, 11) is 0. The topological polar surface area (TPSA) is 136 Å². The van der Waals surface area contributed by atoms with E-state index in [1.54, 1.807) is 30.5 Å². The van der Waals surface area contributed by atoms with Crippen LogP contribution in [0.1, 0.15) is 38.2 Å². The van der Waals surface area contributed by atoms with Crippen LogP contribution in [0, 0.1) is 20.5 Å². The summed E-state index contributed by atoms with van der Waals surface area (Å²) in [6.45, 7) is 1.86. The van der Waals surface area contributed by atoms with Crippen molar-refractivity contribution in [2.24, 2.45) is 20.8 Å². The molecule has 4 aromatic rings. The van der Waals surface area contributed by atoms with Crippen molar-refractivity contribution < 1.29 is 54.3 Å². The molecule has 0 saturated heterocycles. The zero-order chi connectivity index (χ0) is 32.2. The van der Waals surface area contributed by atoms with Crippen LogP contribution in [0.4, 0.5) is 20.2 Å². The number of aliphatic imine (C=N–C) groups is 2. The van der Waals surface area contributed by atoms with Crippen LogP contribution in [-0.2, 0) is 31.6 Å². The number of nitrogens with two attached hydrogens (primary N) is 1. The Balaban J connectivity index is 0.00000576. The van der Waals surface area contributed by atoms with Crippen LogP contribution in [0.15, 0.2) is 106 Å². The molecule has 0 fully saturated rings. The van der Waals surface area contributed by atoms with Crippen LogP contribution >= 0.6 is 11.8 Å². The number of carboxylic acids is 1. The summed E-state index contributed by atoms with van der Waals surface area (Å²) in [5.41, 5.74) is 15.4. The van der Waals surface area contributed by atoms with Crippen molar-refractivity contribution in [3.63, 3.8) is 0 Å². The van der Waals surface area contributed by atoms with Crippen molar-refractivity contribution >= 4 is 52.7 Å². The summed E-state index contributed by atoms with van der Waals surface area (Å²) >= 11 is 1.45. The number of hydrogen-bond acceptors (Lipinski definition) is 6. The monoisotopic (exact) mass is 808 g/mol. The number of aryl methyl sites for hydroxylation is 2. The molecule has 13 heteroatoms. The van der Waals surface area contributed by atoms with Crippen LogP contribution in [0.25, 0.3) is 0 Å². The van der Waals surface area contributed by atoms with Gasteiger partial charge in [-0.25, -0.2) is 14.8 Å². The Morgan fingerprint density at radius 1 is 0.978 bits per heavy atom. The largest absolute Gasteiger partial charge is 0.599 e. The number of thioether (sulfide) groups is 1. The number of amidine groups is 2. The predicted molar refractivity (Wildman–Crippen MR) is 175 cm³/mol. The molecule has 0 heterocycles. The van der Waals surface area contributed by atoms with Gasteiger partial charge in [0, 0.05) is 37.2 Å². The number of benzene rings is 4. The number of halogens is 2. The van der Waals surface area contributed by atoms with Gasteiger partial charge < -0.3 is 24.4 Å². The molecular weight excluding hydrogens is 777 g/mol. The third-order valence-corrected chi connectivity index (χ3v) is 7.22. The predicted octanol–water partition coefficient (Wildman–Crippen LogP) is 5.45. The summed E-state index contributed by atoms with van der Waals surface area (Å²) in [5.74, 6) is -0.0269. The van der Waals surface area contributed by atoms with Gasteiger partial charge in [0.05, 0.1) is 23.2 Å². The number of ether oxygens (including phenoxy) is 1. The second-order valence-electron chi connectivity index (χ2n) is 9.58. The van der Waals surface area contributed by atoms with Crippen LogP contribution in [0.3, 0.4) is 0 Å². The summed E-state index contributed by atoms with van der Waals surface area (Å²) in [6.07, 6.45) is 3.07. The van der Waals surface area contributed by atoms with Gasteiger partial charge in [-0.1, -0.05) is 54.2 Å². The number of nitrogens with one attached hydrogen (secondary N) is 2. The van der Waals surface area contributed by atoms with Gasteiger partial charge in [0.1, 0.15) is 5.69 Å². The van der Waals surface area contributed by atoms with E-state index in [1.807, 2.05) is 56.3 Å². The van der Waals surface area contributed by atoms with E-state index >= 15 is 0 Å². The van der Waals surface area contributed by atoms with Gasteiger partial charge in [0.2, 0.25) is 12.2 Å². The van der Waals surface area contributed by atoms with Gasteiger partial charge in [-0.15, -0.1) is 4.99 Å². The van der Waals surface area contributed by atoms with E-state index in [0.717, 1.165) is 33.5 Å². The third kappa shape index (κ3) is 11.1. The third-order valence-electron chi connectivity index (χ3n) is 6.29. The number of carboxylic acid groups (broad SMARTS) is 1. The van der Waals surface area contributed by atoms with Gasteiger partial charge in [-0.3, -0.25) is 5.43 Å². The fourth-order valence-corrected chi connectivity index (χ4v) is 4.70. The minimum atomic E-state index is -2.13. The first-order valence-electron chi connectivity index (χ1n) is 13.5. The standard InChI is InChI=1S/C33H29F2N6O3S.Hf/c1-21-4-3-5-22(2)29(21)40-33(45-19-24-8-12-26(13-9-24)31(42)43)41-39-18-23-6-10-25(11-7-23)30(36)38-20-37-27-14-16-28(17-15-27)44-32(34)35;/h3-18,20H,19H2,1-2H3,(H,40,41)(H,42,43)(H2,36,37,38);/q-1;/p+1/b39-18+;. The van der Waals surface area contributed by atoms with Crippen molar-refractivity contribution in [3.8, 4) is 5.75 Å². The van der Waals surface area contributed by atoms with Crippen molar-refractivity contribution in [2.45, 2.75) is 19.6 Å². The van der Waals surface area contributed by atoms with Crippen molar-refractivity contribution in [3.05, 3.63) is 131 Å². The van der Waals surface area contributed by atoms with Crippen LogP contribution in [-0.4, -0.2) is 34.6 Å². The molecule has 0 amide bonds. The van der Waals surface area contributed by atoms with E-state index in [4.69, 9.17) is 15.8 Å². The molecule has 0 atom stereocenters. The number of aromatic carboxylic acids is 1. The van der Waals surface area contributed by atoms with E-state index < -0.39 is 12.6 Å². The summed E-state index contributed by atoms with van der Waals surface area (Å²) in [6, 6.07) is 25.9. The second kappa shape index (κ2) is 17.9. The maximum absolute atomic E-state index is 12.2. The van der Waals surface area contributed by atoms with Crippen molar-refractivity contribution in [1.82, 2.24) is 5.43 Å². The van der Waals surface area contributed by atoms with Crippen molar-refractivity contribution in [1.29, 1.82) is 0 Å². The van der Waals surface area contributed by atoms with Crippen molar-refractivity contribution in [2.75, 3.05) is 0 Å². The number of para-hydroxylation sites is 1. The Bertz CT molecular complexity index is 1710. The van der Waals surface area contributed by atoms with Gasteiger partial charge in [0.25, 0.3) is 0 Å². The summed E-state index contributed by atoms with van der Waals surface area (Å²) < 4.78 is 28.7. The molecule has 234 valence electrons. The maximum atomic E-state index is 12.2. The molecule has 4 aromatic carbocycles. The molecule has 46 heavy (non-hydrogen) atoms. The maximum Gasteiger partial charge on any atom is 0.335 e. The van der Waals surface area contributed by atoms with Crippen LogP contribution in [0.5, 0.6) is 5.75 Å². The molecule has 0 aliphatic heterocycles. The number of rotatable bonds is 11. The molecule has 5 N–H and O–H groups in total. The Labute approximate surface area is 288 Å². The summed E-state index contributed by atoms with van der Waals surface area (Å²) in [5, 5.41) is 14.1. The number of carbonyl (C=O) groups is 1. The quantitative estimate of drug-likeness (QED) is 0.0524. The molecule has 0 radical (unpaired) electrons. The molecule has 0 spiro atoms. The summed E-state index contributed by atoms with van der Waals surface area (Å²) in [4.78, 5) is 23.1. The molecule has 4 rings (SSSR count). The van der Waals surface area contributed by atoms with E-state index in [2.05, 4.69) is 25.2 Å². The molecule has 0 aliphatic rings. The fraction of sp³-hybridized carbons (Fsp3) is 0.0909. The van der Waals surface area contributed by atoms with Gasteiger partial charge in [-0.05, 0) is 84.6 Å². The zero-order valence-corrected chi connectivity index (χ0v) is 29.3. The molecule has 0 saturated carbocycles. The molecular formula is C33H30F2HfN6O3S. The molecule has 0 aromatic heterocycles. The first-order valence-corrected chi connectivity index (χ1v) is 14.5. The minimum Gasteiger partial charge on any atom is -0.599 e. The average molecular weight is 807 g/mol. The second-order valence-corrected chi connectivity index (χ2v) is 10.5. The average Bonchev–Trinajstić information content (AvgIpc) is 3.02. The smallest absolute Gasteiger partial charge is 0.335 e. The SMILES string of the molecule is Cc1cccc(C)c1N=C(N/N=C/c1ccc(C(N)=[NH+]C=Nc2ccc(O[C-](F)F)cc2)cc1)SCc1ccc(C(=O)O)cc1.[Hf]. The zero-order valence-electron chi connectivity index (χ0n) is 24.9. The Hall–Kier alpha value is -4.49. The van der Waals surface area contributed by atoms with E-state index in [-0.39, 0.29) is 37.2 Å². The van der Waals surface area contributed by atoms with E-state index in [9.17, 15) is 13.6 Å². The Morgan fingerprint density at radius 2 is 1.61 bits per heavy atom. The molecule has 0 aliphatic carbocycles. The minimum absolute atomic E-state index is 0. The number of nitrogen functional groups attached to an aromatic ring is 1. The fourth-order valence-electron chi connectivity index (χ4n) is 3.93. The molecule has 0 bridgehead atoms. The number of hydrogen-bond donors (Lipinski definition) is 4. The first-order chi connectivity index (χ1) is 21.7. The Kier molecular flexibility index (Phi) is 14.0. The molecule has 9 nitrogen and oxygen atoms in total. The van der Waals surface area contributed by atoms with Crippen LogP contribution in [0.2, 0.25) is 0 Å². The van der Waals surface area contributed by atoms with E-state index in [0.29, 0.717) is 22.4 Å². The first kappa shape index (κ1) is 36.0. The molecule has 0 unspecified atom stereocenters. The number of hydrazone groups is 1. The number of nitrogens with zero attached hydrogens (tertiary/aromatic N) is 3. The van der Waals surface area contributed by atoms with Gasteiger partial charge >= 0.3 is 5.97 Å².